The molecule has 0 fully saturated rings. The van der Waals surface area contributed by atoms with Gasteiger partial charge in [-0.1, -0.05) is 32.9 Å². The molecule has 0 aromatic heterocycles. The van der Waals surface area contributed by atoms with Crippen LogP contribution in [0.4, 0.5) is 0 Å². The number of hydrazone groups is 1. The number of aliphatic hydroxyl groups excluding tert-OH is 1. The summed E-state index contributed by atoms with van der Waals surface area (Å²) in [6, 6.07) is 11.1. The first kappa shape index (κ1) is 25.3. The van der Waals surface area contributed by atoms with Gasteiger partial charge in [-0.3, -0.25) is 10.2 Å². The van der Waals surface area contributed by atoms with Crippen LogP contribution in [0.25, 0.3) is 5.70 Å². The molecule has 0 bridgehead atoms. The van der Waals surface area contributed by atoms with Crippen LogP contribution in [0.15, 0.2) is 53.3 Å². The number of carboxylic acids is 1. The number of aliphatic hydroxyl groups is 1. The van der Waals surface area contributed by atoms with Gasteiger partial charge in [-0.05, 0) is 48.2 Å². The molecule has 2 aromatic carbocycles. The van der Waals surface area contributed by atoms with E-state index in [-0.39, 0.29) is 33.7 Å². The summed E-state index contributed by atoms with van der Waals surface area (Å²) in [5.74, 6) is -2.87. The Bertz CT molecular complexity index is 1140. The van der Waals surface area contributed by atoms with E-state index in [0.29, 0.717) is 5.70 Å². The summed E-state index contributed by atoms with van der Waals surface area (Å²) in [5, 5.41) is 43.2. The third-order valence-corrected chi connectivity index (χ3v) is 5.02. The van der Waals surface area contributed by atoms with E-state index in [4.69, 9.17) is 10.5 Å². The van der Waals surface area contributed by atoms with E-state index in [1.165, 1.54) is 13.0 Å². The zero-order valence-electron chi connectivity index (χ0n) is 19.2. The van der Waals surface area contributed by atoms with Crippen molar-refractivity contribution in [2.24, 2.45) is 5.10 Å². The molecule has 0 aliphatic carbocycles. The Morgan fingerprint density at radius 1 is 1.03 bits per heavy atom. The molecule has 33 heavy (non-hydrogen) atoms. The molecule has 9 heteroatoms. The SMILES string of the molecule is C[NH2+]/C(=C(/O)C(=N)/C(C)=N/NC(=O)c1ccc(C(=O)O)c(O)c1)c1ccc(C(C)(C)C)cc1. The van der Waals surface area contributed by atoms with Crippen LogP contribution >= 0.6 is 0 Å². The highest BCUT2D eigenvalue weighted by Gasteiger charge is 2.20. The first-order chi connectivity index (χ1) is 15.4. The zero-order chi connectivity index (χ0) is 24.9. The van der Waals surface area contributed by atoms with E-state index in [2.05, 4.69) is 31.3 Å². The Kier molecular flexibility index (Phi) is 7.73. The molecule has 174 valence electrons. The number of carbonyl (C=O) groups excluding carboxylic acids is 1. The van der Waals surface area contributed by atoms with Crippen molar-refractivity contribution in [2.75, 3.05) is 7.05 Å². The quantitative estimate of drug-likeness (QED) is 0.216. The van der Waals surface area contributed by atoms with Crippen LogP contribution < -0.4 is 10.7 Å². The number of carbonyl (C=O) groups is 2. The third-order valence-electron chi connectivity index (χ3n) is 5.02. The van der Waals surface area contributed by atoms with Crippen LogP contribution in [0.5, 0.6) is 5.75 Å². The Labute approximate surface area is 192 Å². The van der Waals surface area contributed by atoms with E-state index >= 15 is 0 Å². The molecule has 0 saturated heterocycles. The maximum absolute atomic E-state index is 12.3. The Hall–Kier alpha value is -3.98. The Morgan fingerprint density at radius 2 is 1.61 bits per heavy atom. The first-order valence-corrected chi connectivity index (χ1v) is 10.2. The summed E-state index contributed by atoms with van der Waals surface area (Å²) in [5.41, 5.74) is 3.99. The number of aromatic carboxylic acids is 1. The van der Waals surface area contributed by atoms with Crippen molar-refractivity contribution in [3.05, 3.63) is 70.5 Å². The predicted octanol–water partition coefficient (Wildman–Crippen LogP) is 2.63. The van der Waals surface area contributed by atoms with Crippen molar-refractivity contribution >= 4 is 29.0 Å². The molecule has 0 aliphatic rings. The molecule has 0 saturated carbocycles. The molecule has 1 amide bonds. The molecule has 0 atom stereocenters. The van der Waals surface area contributed by atoms with Gasteiger partial charge in [0.15, 0.2) is 5.70 Å². The van der Waals surface area contributed by atoms with Crippen LogP contribution in [-0.2, 0) is 5.41 Å². The predicted molar refractivity (Wildman–Crippen MR) is 126 cm³/mol. The number of nitrogens with one attached hydrogen (secondary N) is 2. The number of nitrogens with two attached hydrogens (primary N) is 1. The number of quaternary nitrogens is 1. The summed E-state index contributed by atoms with van der Waals surface area (Å²) in [7, 11) is 1.75. The lowest BCUT2D eigenvalue weighted by Crippen LogP contribution is -2.76. The average Bonchev–Trinajstić information content (AvgIpc) is 2.76. The van der Waals surface area contributed by atoms with Crippen molar-refractivity contribution < 1.29 is 30.2 Å². The number of nitrogens with zero attached hydrogens (tertiary/aromatic N) is 1. The second-order valence-corrected chi connectivity index (χ2v) is 8.43. The second-order valence-electron chi connectivity index (χ2n) is 8.43. The number of phenols is 1. The largest absolute Gasteiger partial charge is 0.507 e. The summed E-state index contributed by atoms with van der Waals surface area (Å²) >= 11 is 0. The zero-order valence-corrected chi connectivity index (χ0v) is 19.2. The van der Waals surface area contributed by atoms with E-state index in [0.717, 1.165) is 23.3 Å². The summed E-state index contributed by atoms with van der Waals surface area (Å²) in [6.45, 7) is 7.77. The third kappa shape index (κ3) is 6.05. The van der Waals surface area contributed by atoms with E-state index < -0.39 is 17.6 Å². The maximum atomic E-state index is 12.3. The molecule has 0 aliphatic heterocycles. The number of aromatic hydroxyl groups is 1. The number of hydrogen-bond acceptors (Lipinski definition) is 6. The van der Waals surface area contributed by atoms with Crippen molar-refractivity contribution in [1.29, 1.82) is 5.41 Å². The van der Waals surface area contributed by atoms with Gasteiger partial charge in [0.05, 0.1) is 12.8 Å². The maximum Gasteiger partial charge on any atom is 0.339 e. The van der Waals surface area contributed by atoms with Crippen molar-refractivity contribution in [2.45, 2.75) is 33.1 Å². The van der Waals surface area contributed by atoms with Gasteiger partial charge in [0.25, 0.3) is 5.91 Å². The monoisotopic (exact) mass is 453 g/mol. The fourth-order valence-corrected chi connectivity index (χ4v) is 3.00. The van der Waals surface area contributed by atoms with Gasteiger partial charge in [0, 0.05) is 11.1 Å². The number of amides is 1. The molecular weight excluding hydrogens is 424 g/mol. The van der Waals surface area contributed by atoms with Gasteiger partial charge in [0.2, 0.25) is 5.76 Å². The van der Waals surface area contributed by atoms with Gasteiger partial charge in [-0.15, -0.1) is 0 Å². The van der Waals surface area contributed by atoms with Crippen LogP contribution in [0.2, 0.25) is 0 Å². The molecule has 0 spiro atoms. The number of allylic oxidation sites excluding steroid dienone is 1. The van der Waals surface area contributed by atoms with Crippen molar-refractivity contribution in [3.8, 4) is 5.75 Å². The molecule has 0 radical (unpaired) electrons. The standard InChI is InChI=1S/C24H28N4O5/c1-13(27-28-22(31)15-8-11-17(23(32)33)18(29)12-15)19(25)21(30)20(26-5)14-6-9-16(10-7-14)24(2,3)4/h6-12,25-26,29-30H,1-5H3,(H,28,31)(H,32,33)/p+1/b21-20+,25-19?,27-13+. The van der Waals surface area contributed by atoms with Gasteiger partial charge in [0.1, 0.15) is 17.0 Å². The summed E-state index contributed by atoms with van der Waals surface area (Å²) < 4.78 is 0. The molecule has 7 N–H and O–H groups in total. The van der Waals surface area contributed by atoms with Crippen LogP contribution in [0.1, 0.15) is 59.5 Å². The molecule has 2 rings (SSSR count). The highest BCUT2D eigenvalue weighted by Crippen LogP contribution is 2.24. The van der Waals surface area contributed by atoms with Gasteiger partial charge in [-0.25, -0.2) is 10.2 Å². The average molecular weight is 454 g/mol. The number of rotatable bonds is 7. The number of benzene rings is 2. The topological polar surface area (TPSA) is 160 Å². The molecule has 9 nitrogen and oxygen atoms in total. The minimum Gasteiger partial charge on any atom is -0.507 e. The Morgan fingerprint density at radius 3 is 2.09 bits per heavy atom. The lowest BCUT2D eigenvalue weighted by atomic mass is 9.86. The minimum atomic E-state index is -1.32. The smallest absolute Gasteiger partial charge is 0.339 e. The molecule has 0 unspecified atom stereocenters. The van der Waals surface area contributed by atoms with Gasteiger partial charge < -0.3 is 20.6 Å². The minimum absolute atomic E-state index is 0.0122. The van der Waals surface area contributed by atoms with Gasteiger partial charge >= 0.3 is 5.97 Å². The second kappa shape index (κ2) is 10.1. The lowest BCUT2D eigenvalue weighted by Gasteiger charge is -2.19. The van der Waals surface area contributed by atoms with E-state index in [1.807, 2.05) is 24.3 Å². The Balaban J connectivity index is 2.22. The molecule has 0 heterocycles. The highest BCUT2D eigenvalue weighted by atomic mass is 16.4. The number of hydrogen-bond donors (Lipinski definition) is 6. The van der Waals surface area contributed by atoms with Crippen molar-refractivity contribution in [3.63, 3.8) is 0 Å². The van der Waals surface area contributed by atoms with E-state index in [1.54, 1.807) is 12.4 Å². The fourth-order valence-electron chi connectivity index (χ4n) is 3.00. The van der Waals surface area contributed by atoms with Crippen LogP contribution in [0.3, 0.4) is 0 Å². The fraction of sp³-hybridized carbons (Fsp3) is 0.250. The van der Waals surface area contributed by atoms with Crippen LogP contribution in [-0.4, -0.2) is 45.7 Å². The van der Waals surface area contributed by atoms with E-state index in [9.17, 15) is 19.8 Å². The van der Waals surface area contributed by atoms with Crippen LogP contribution in [0, 0.1) is 5.41 Å². The lowest BCUT2D eigenvalue weighted by molar-refractivity contribution is -0.531. The first-order valence-electron chi connectivity index (χ1n) is 10.2. The molecular formula is C24H29N4O5+. The van der Waals surface area contributed by atoms with Gasteiger partial charge in [-0.2, -0.15) is 5.10 Å². The number of carboxylic acid groups (broad SMARTS) is 1. The highest BCUT2D eigenvalue weighted by molar-refractivity contribution is 6.46. The normalized spacial score (nSPS) is 12.7. The van der Waals surface area contributed by atoms with Crippen molar-refractivity contribution in [1.82, 2.24) is 5.43 Å². The summed E-state index contributed by atoms with van der Waals surface area (Å²) in [4.78, 5) is 23.2. The molecule has 2 aromatic rings. The summed E-state index contributed by atoms with van der Waals surface area (Å²) in [6.07, 6.45) is 0.